The highest BCUT2D eigenvalue weighted by molar-refractivity contribution is 6.30. The van der Waals surface area contributed by atoms with Gasteiger partial charge >= 0.3 is 0 Å². The van der Waals surface area contributed by atoms with Crippen LogP contribution in [0.1, 0.15) is 54.5 Å². The third-order valence-corrected chi connectivity index (χ3v) is 5.57. The van der Waals surface area contributed by atoms with Crippen molar-refractivity contribution < 1.29 is 9.15 Å². The number of benzene rings is 2. The van der Waals surface area contributed by atoms with E-state index in [9.17, 15) is 0 Å². The number of fused-ring (bicyclic) bond motifs is 3. The van der Waals surface area contributed by atoms with Gasteiger partial charge in [-0.25, -0.2) is 0 Å². The highest BCUT2D eigenvalue weighted by atomic mass is 35.5. The van der Waals surface area contributed by atoms with Crippen molar-refractivity contribution in [1.82, 2.24) is 10.4 Å². The summed E-state index contributed by atoms with van der Waals surface area (Å²) in [6.07, 6.45) is 3.58. The van der Waals surface area contributed by atoms with Gasteiger partial charge in [0.15, 0.2) is 12.0 Å². The van der Waals surface area contributed by atoms with Crippen LogP contribution in [0.3, 0.4) is 0 Å². The van der Waals surface area contributed by atoms with Crippen molar-refractivity contribution in [1.29, 1.82) is 0 Å². The number of halogens is 1. The molecule has 5 rings (SSSR count). The minimum absolute atomic E-state index is 0.00248. The fraction of sp³-hybridized carbons (Fsp3) is 0.217. The van der Waals surface area contributed by atoms with Crippen molar-refractivity contribution in [2.45, 2.75) is 32.0 Å². The average Bonchev–Trinajstić information content (AvgIpc) is 3.37. The molecule has 0 saturated heterocycles. The Bertz CT molecular complexity index is 1030. The van der Waals surface area contributed by atoms with E-state index in [-0.39, 0.29) is 12.3 Å². The Hall–Kier alpha value is -2.69. The third kappa shape index (κ3) is 2.89. The maximum atomic E-state index is 6.39. The van der Waals surface area contributed by atoms with Crippen LogP contribution in [0.5, 0.6) is 5.75 Å². The molecule has 0 fully saturated rings. The number of rotatable bonds is 3. The summed E-state index contributed by atoms with van der Waals surface area (Å²) < 4.78 is 12.0. The standard InChI is InChI=1S/C23H21ClN2O2/c1-14(2)15-5-7-16(8-6-15)23-26-20(13-19(25-26)22-4-3-11-27-22)18-12-17(24)9-10-21(18)28-23/h3-14,20,23,25H,1-2H3/t20-,23+/m0/s1. The molecule has 4 nitrogen and oxygen atoms in total. The van der Waals surface area contributed by atoms with Gasteiger partial charge in [-0.2, -0.15) is 5.01 Å². The van der Waals surface area contributed by atoms with Crippen LogP contribution >= 0.6 is 11.6 Å². The summed E-state index contributed by atoms with van der Waals surface area (Å²) in [5.74, 6) is 2.14. The summed E-state index contributed by atoms with van der Waals surface area (Å²) in [4.78, 5) is 0. The van der Waals surface area contributed by atoms with Crippen molar-refractivity contribution in [2.24, 2.45) is 0 Å². The summed E-state index contributed by atoms with van der Waals surface area (Å²) in [5.41, 5.74) is 7.85. The lowest BCUT2D eigenvalue weighted by Gasteiger charge is -2.39. The van der Waals surface area contributed by atoms with Crippen LogP contribution in [-0.4, -0.2) is 5.01 Å². The van der Waals surface area contributed by atoms with Gasteiger partial charge in [-0.1, -0.05) is 49.7 Å². The molecule has 5 heteroatoms. The van der Waals surface area contributed by atoms with Crippen molar-refractivity contribution in [3.05, 3.63) is 94.4 Å². The Labute approximate surface area is 169 Å². The summed E-state index contributed by atoms with van der Waals surface area (Å²) in [6.45, 7) is 4.40. The van der Waals surface area contributed by atoms with E-state index in [2.05, 4.69) is 54.6 Å². The van der Waals surface area contributed by atoms with Crippen LogP contribution in [0, 0.1) is 0 Å². The van der Waals surface area contributed by atoms with Crippen molar-refractivity contribution in [3.8, 4) is 5.75 Å². The van der Waals surface area contributed by atoms with Gasteiger partial charge < -0.3 is 14.6 Å². The van der Waals surface area contributed by atoms with Crippen LogP contribution < -0.4 is 10.2 Å². The Kier molecular flexibility index (Phi) is 4.18. The lowest BCUT2D eigenvalue weighted by molar-refractivity contribution is -0.0328. The van der Waals surface area contributed by atoms with E-state index in [4.69, 9.17) is 20.8 Å². The SMILES string of the molecule is CC(C)c1ccc([C@H]2Oc3ccc(Cl)cc3[C@@H]3C=C(c4ccco4)NN23)cc1. The van der Waals surface area contributed by atoms with Crippen LogP contribution in [0.2, 0.25) is 5.02 Å². The Morgan fingerprint density at radius 1 is 1.07 bits per heavy atom. The van der Waals surface area contributed by atoms with Gasteiger partial charge in [0, 0.05) is 16.1 Å². The molecular weight excluding hydrogens is 372 g/mol. The smallest absolute Gasteiger partial charge is 0.195 e. The van der Waals surface area contributed by atoms with Gasteiger partial charge in [0.25, 0.3) is 0 Å². The van der Waals surface area contributed by atoms with E-state index in [0.717, 1.165) is 28.3 Å². The lowest BCUT2D eigenvalue weighted by Crippen LogP contribution is -2.43. The summed E-state index contributed by atoms with van der Waals surface area (Å²) in [5, 5.41) is 2.81. The van der Waals surface area contributed by atoms with Crippen molar-refractivity contribution in [2.75, 3.05) is 0 Å². The van der Waals surface area contributed by atoms with E-state index in [1.165, 1.54) is 5.56 Å². The van der Waals surface area contributed by atoms with Crippen LogP contribution in [-0.2, 0) is 0 Å². The zero-order valence-electron chi connectivity index (χ0n) is 15.7. The lowest BCUT2D eigenvalue weighted by atomic mass is 9.99. The van der Waals surface area contributed by atoms with Gasteiger partial charge in [0.2, 0.25) is 0 Å². The van der Waals surface area contributed by atoms with Crippen LogP contribution in [0.15, 0.2) is 71.4 Å². The van der Waals surface area contributed by atoms with E-state index < -0.39 is 0 Å². The molecule has 3 aromatic rings. The number of hydrazine groups is 1. The molecule has 0 aliphatic carbocycles. The van der Waals surface area contributed by atoms with Crippen molar-refractivity contribution >= 4 is 17.3 Å². The molecule has 1 aromatic heterocycles. The first kappa shape index (κ1) is 17.4. The Balaban J connectivity index is 1.56. The number of nitrogens with zero attached hydrogens (tertiary/aromatic N) is 1. The average molecular weight is 393 g/mol. The topological polar surface area (TPSA) is 37.6 Å². The molecular formula is C23H21ClN2O2. The molecule has 0 saturated carbocycles. The molecule has 0 bridgehead atoms. The summed E-state index contributed by atoms with van der Waals surface area (Å²) in [7, 11) is 0. The van der Waals surface area contributed by atoms with Crippen LogP contribution in [0.4, 0.5) is 0 Å². The first-order valence-corrected chi connectivity index (χ1v) is 9.84. The number of nitrogens with one attached hydrogen (secondary N) is 1. The predicted molar refractivity (Wildman–Crippen MR) is 110 cm³/mol. The minimum Gasteiger partial charge on any atom is -0.469 e. The zero-order valence-corrected chi connectivity index (χ0v) is 16.5. The maximum Gasteiger partial charge on any atom is 0.195 e. The highest BCUT2D eigenvalue weighted by Crippen LogP contribution is 2.46. The second-order valence-corrected chi connectivity index (χ2v) is 7.93. The molecule has 142 valence electrons. The minimum atomic E-state index is -0.261. The molecule has 1 N–H and O–H groups in total. The first-order chi connectivity index (χ1) is 13.6. The Morgan fingerprint density at radius 3 is 2.61 bits per heavy atom. The third-order valence-electron chi connectivity index (χ3n) is 5.33. The van der Waals surface area contributed by atoms with Crippen molar-refractivity contribution in [3.63, 3.8) is 0 Å². The van der Waals surface area contributed by atoms with E-state index >= 15 is 0 Å². The molecule has 28 heavy (non-hydrogen) atoms. The fourth-order valence-electron chi connectivity index (χ4n) is 3.81. The molecule has 2 aliphatic rings. The predicted octanol–water partition coefficient (Wildman–Crippen LogP) is 6.05. The maximum absolute atomic E-state index is 6.39. The number of furan rings is 1. The molecule has 2 aromatic carbocycles. The first-order valence-electron chi connectivity index (χ1n) is 9.47. The van der Waals surface area contributed by atoms with E-state index in [1.54, 1.807) is 6.26 Å². The van der Waals surface area contributed by atoms with Gasteiger partial charge in [0.05, 0.1) is 18.0 Å². The highest BCUT2D eigenvalue weighted by Gasteiger charge is 2.40. The largest absolute Gasteiger partial charge is 0.469 e. The van der Waals surface area contributed by atoms with E-state index in [0.29, 0.717) is 10.9 Å². The summed E-state index contributed by atoms with van der Waals surface area (Å²) >= 11 is 6.27. The number of ether oxygens (including phenoxy) is 1. The van der Waals surface area contributed by atoms with Gasteiger partial charge in [-0.3, -0.25) is 0 Å². The van der Waals surface area contributed by atoms with Gasteiger partial charge in [-0.15, -0.1) is 0 Å². The number of hydrogen-bond donors (Lipinski definition) is 1. The van der Waals surface area contributed by atoms with Crippen LogP contribution in [0.25, 0.3) is 5.70 Å². The van der Waals surface area contributed by atoms with Gasteiger partial charge in [0.1, 0.15) is 5.75 Å². The summed E-state index contributed by atoms with van der Waals surface area (Å²) in [6, 6.07) is 18.3. The molecule has 3 heterocycles. The molecule has 2 atom stereocenters. The fourth-order valence-corrected chi connectivity index (χ4v) is 3.99. The molecule has 0 spiro atoms. The van der Waals surface area contributed by atoms with Gasteiger partial charge in [-0.05, 0) is 47.9 Å². The molecule has 0 radical (unpaired) electrons. The monoisotopic (exact) mass is 392 g/mol. The molecule has 0 unspecified atom stereocenters. The number of hydrogen-bond acceptors (Lipinski definition) is 4. The van der Waals surface area contributed by atoms with E-state index in [1.807, 2.05) is 30.3 Å². The molecule has 2 aliphatic heterocycles. The second kappa shape index (κ2) is 6.73. The zero-order chi connectivity index (χ0) is 19.3. The normalized spacial score (nSPS) is 20.9. The Morgan fingerprint density at radius 2 is 1.89 bits per heavy atom. The quantitative estimate of drug-likeness (QED) is 0.588. The second-order valence-electron chi connectivity index (χ2n) is 7.50. The molecule has 0 amide bonds.